The average Bonchev–Trinajstić information content (AvgIpc) is 2.17. The second-order valence-corrected chi connectivity index (χ2v) is 5.53. The molecule has 2 atom stereocenters. The Balaban J connectivity index is 2.50. The summed E-state index contributed by atoms with van der Waals surface area (Å²) in [6, 6.07) is 0. The zero-order chi connectivity index (χ0) is 11.5. The molecule has 0 amide bonds. The van der Waals surface area contributed by atoms with Crippen molar-refractivity contribution in [3.05, 3.63) is 11.6 Å². The van der Waals surface area contributed by atoms with Crippen LogP contribution in [-0.2, 0) is 0 Å². The quantitative estimate of drug-likeness (QED) is 0.700. The standard InChI is InChI=1S/C13H25NO/c1-10-6-5-7-11(2)12(10)8-14-13(3,4)9-15/h6,11-12,14-15H,5,7-9H2,1-4H3/t11-,12+/m1/s1. The highest BCUT2D eigenvalue weighted by molar-refractivity contribution is 5.09. The van der Waals surface area contributed by atoms with Crippen LogP contribution in [0.2, 0.25) is 0 Å². The summed E-state index contributed by atoms with van der Waals surface area (Å²) in [6.07, 6.45) is 4.88. The molecular weight excluding hydrogens is 186 g/mol. The number of rotatable bonds is 4. The van der Waals surface area contributed by atoms with Crippen molar-refractivity contribution in [1.29, 1.82) is 0 Å². The van der Waals surface area contributed by atoms with Gasteiger partial charge in [-0.25, -0.2) is 0 Å². The Kier molecular flexibility index (Phi) is 4.35. The van der Waals surface area contributed by atoms with E-state index in [1.807, 2.05) is 13.8 Å². The number of hydrogen-bond donors (Lipinski definition) is 2. The zero-order valence-corrected chi connectivity index (χ0v) is 10.5. The summed E-state index contributed by atoms with van der Waals surface area (Å²) < 4.78 is 0. The molecule has 0 spiro atoms. The molecule has 2 heteroatoms. The molecule has 1 aliphatic carbocycles. The fourth-order valence-corrected chi connectivity index (χ4v) is 2.18. The van der Waals surface area contributed by atoms with Gasteiger partial charge in [-0.1, -0.05) is 18.6 Å². The fraction of sp³-hybridized carbons (Fsp3) is 0.846. The Labute approximate surface area is 93.8 Å². The average molecular weight is 211 g/mol. The van der Waals surface area contributed by atoms with Crippen molar-refractivity contribution >= 4 is 0 Å². The van der Waals surface area contributed by atoms with E-state index < -0.39 is 0 Å². The van der Waals surface area contributed by atoms with E-state index in [1.54, 1.807) is 0 Å². The number of allylic oxidation sites excluding steroid dienone is 1. The van der Waals surface area contributed by atoms with Crippen molar-refractivity contribution in [1.82, 2.24) is 5.32 Å². The molecular formula is C13H25NO. The van der Waals surface area contributed by atoms with Crippen LogP contribution in [-0.4, -0.2) is 23.8 Å². The molecule has 15 heavy (non-hydrogen) atoms. The van der Waals surface area contributed by atoms with Gasteiger partial charge in [0.2, 0.25) is 0 Å². The highest BCUT2D eigenvalue weighted by Crippen LogP contribution is 2.29. The van der Waals surface area contributed by atoms with Crippen molar-refractivity contribution in [3.8, 4) is 0 Å². The maximum Gasteiger partial charge on any atom is 0.0607 e. The molecule has 0 bridgehead atoms. The lowest BCUT2D eigenvalue weighted by atomic mass is 9.80. The Morgan fingerprint density at radius 2 is 2.20 bits per heavy atom. The van der Waals surface area contributed by atoms with Crippen molar-refractivity contribution in [3.63, 3.8) is 0 Å². The van der Waals surface area contributed by atoms with Gasteiger partial charge in [-0.2, -0.15) is 0 Å². The van der Waals surface area contributed by atoms with E-state index in [0.29, 0.717) is 5.92 Å². The Bertz CT molecular complexity index is 233. The predicted molar refractivity (Wildman–Crippen MR) is 64.8 cm³/mol. The molecule has 0 unspecified atom stereocenters. The van der Waals surface area contributed by atoms with Gasteiger partial charge in [-0.15, -0.1) is 0 Å². The number of hydrogen-bond acceptors (Lipinski definition) is 2. The topological polar surface area (TPSA) is 32.3 Å². The number of aliphatic hydroxyl groups excluding tert-OH is 1. The summed E-state index contributed by atoms with van der Waals surface area (Å²) in [5.74, 6) is 1.40. The second kappa shape index (κ2) is 5.13. The van der Waals surface area contributed by atoms with Crippen LogP contribution < -0.4 is 5.32 Å². The molecule has 0 saturated heterocycles. The van der Waals surface area contributed by atoms with Crippen LogP contribution >= 0.6 is 0 Å². The van der Waals surface area contributed by atoms with Gasteiger partial charge in [0.25, 0.3) is 0 Å². The van der Waals surface area contributed by atoms with E-state index in [-0.39, 0.29) is 12.1 Å². The van der Waals surface area contributed by atoms with Crippen LogP contribution in [0.3, 0.4) is 0 Å². The molecule has 0 radical (unpaired) electrons. The minimum absolute atomic E-state index is 0.155. The molecule has 2 N–H and O–H groups in total. The molecule has 88 valence electrons. The van der Waals surface area contributed by atoms with E-state index in [0.717, 1.165) is 12.5 Å². The summed E-state index contributed by atoms with van der Waals surface area (Å²) in [6.45, 7) is 9.82. The van der Waals surface area contributed by atoms with Gasteiger partial charge in [-0.05, 0) is 45.4 Å². The normalized spacial score (nSPS) is 27.7. The third-order valence-electron chi connectivity index (χ3n) is 3.56. The van der Waals surface area contributed by atoms with Gasteiger partial charge in [-0.3, -0.25) is 0 Å². The minimum atomic E-state index is -0.155. The van der Waals surface area contributed by atoms with Crippen LogP contribution in [0.15, 0.2) is 11.6 Å². The molecule has 1 aliphatic rings. The summed E-state index contributed by atoms with van der Waals surface area (Å²) >= 11 is 0. The first kappa shape index (κ1) is 12.7. The summed E-state index contributed by atoms with van der Waals surface area (Å²) in [4.78, 5) is 0. The zero-order valence-electron chi connectivity index (χ0n) is 10.5. The van der Waals surface area contributed by atoms with Crippen LogP contribution in [0, 0.1) is 11.8 Å². The van der Waals surface area contributed by atoms with Crippen molar-refractivity contribution in [2.24, 2.45) is 11.8 Å². The molecule has 2 nitrogen and oxygen atoms in total. The van der Waals surface area contributed by atoms with E-state index in [9.17, 15) is 5.11 Å². The first-order valence-corrected chi connectivity index (χ1v) is 5.99. The molecule has 1 rings (SSSR count). The number of nitrogens with one attached hydrogen (secondary N) is 1. The van der Waals surface area contributed by atoms with Crippen molar-refractivity contribution < 1.29 is 5.11 Å². The predicted octanol–water partition coefficient (Wildman–Crippen LogP) is 2.34. The highest BCUT2D eigenvalue weighted by atomic mass is 16.3. The third-order valence-corrected chi connectivity index (χ3v) is 3.56. The van der Waals surface area contributed by atoms with E-state index in [2.05, 4.69) is 25.2 Å². The van der Waals surface area contributed by atoms with Crippen LogP contribution in [0.25, 0.3) is 0 Å². The third kappa shape index (κ3) is 3.62. The molecule has 0 fully saturated rings. The van der Waals surface area contributed by atoms with Gasteiger partial charge < -0.3 is 10.4 Å². The van der Waals surface area contributed by atoms with E-state index in [4.69, 9.17) is 0 Å². The fourth-order valence-electron chi connectivity index (χ4n) is 2.18. The molecule has 0 aromatic carbocycles. The first-order chi connectivity index (χ1) is 6.96. The van der Waals surface area contributed by atoms with E-state index >= 15 is 0 Å². The van der Waals surface area contributed by atoms with Crippen LogP contribution in [0.1, 0.15) is 40.5 Å². The minimum Gasteiger partial charge on any atom is -0.394 e. The molecule has 0 aromatic rings. The first-order valence-electron chi connectivity index (χ1n) is 5.99. The van der Waals surface area contributed by atoms with Crippen LogP contribution in [0.5, 0.6) is 0 Å². The van der Waals surface area contributed by atoms with Gasteiger partial charge in [0.1, 0.15) is 0 Å². The summed E-state index contributed by atoms with van der Waals surface area (Å²) in [7, 11) is 0. The summed E-state index contributed by atoms with van der Waals surface area (Å²) in [5.41, 5.74) is 1.35. The lowest BCUT2D eigenvalue weighted by Gasteiger charge is -2.33. The molecule has 0 aromatic heterocycles. The van der Waals surface area contributed by atoms with E-state index in [1.165, 1.54) is 18.4 Å². The number of aliphatic hydroxyl groups is 1. The van der Waals surface area contributed by atoms with Gasteiger partial charge >= 0.3 is 0 Å². The largest absolute Gasteiger partial charge is 0.394 e. The Hall–Kier alpha value is -0.340. The highest BCUT2D eigenvalue weighted by Gasteiger charge is 2.24. The lowest BCUT2D eigenvalue weighted by Crippen LogP contribution is -2.46. The van der Waals surface area contributed by atoms with Gasteiger partial charge in [0, 0.05) is 12.1 Å². The molecule has 0 aliphatic heterocycles. The van der Waals surface area contributed by atoms with Gasteiger partial charge in [0.05, 0.1) is 6.61 Å². The SMILES string of the molecule is CC1=CCC[C@@H](C)[C@H]1CNC(C)(C)CO. The molecule has 0 heterocycles. The smallest absolute Gasteiger partial charge is 0.0607 e. The van der Waals surface area contributed by atoms with Crippen LogP contribution in [0.4, 0.5) is 0 Å². The van der Waals surface area contributed by atoms with Gasteiger partial charge in [0.15, 0.2) is 0 Å². The lowest BCUT2D eigenvalue weighted by molar-refractivity contribution is 0.178. The maximum atomic E-state index is 9.18. The monoisotopic (exact) mass is 211 g/mol. The maximum absolute atomic E-state index is 9.18. The summed E-state index contributed by atoms with van der Waals surface area (Å²) in [5, 5.41) is 12.6. The van der Waals surface area contributed by atoms with Crippen molar-refractivity contribution in [2.45, 2.75) is 46.1 Å². The van der Waals surface area contributed by atoms with Crippen molar-refractivity contribution in [2.75, 3.05) is 13.2 Å². The Morgan fingerprint density at radius 3 is 2.73 bits per heavy atom. The second-order valence-electron chi connectivity index (χ2n) is 5.53. The Morgan fingerprint density at radius 1 is 1.53 bits per heavy atom. The molecule has 0 saturated carbocycles.